The second kappa shape index (κ2) is 11.6. The third-order valence-electron chi connectivity index (χ3n) is 5.31. The van der Waals surface area contributed by atoms with Gasteiger partial charge in [0, 0.05) is 30.0 Å². The Balaban J connectivity index is 2.15. The van der Waals surface area contributed by atoms with Gasteiger partial charge in [-0.3, -0.25) is 14.6 Å². The van der Waals surface area contributed by atoms with Crippen molar-refractivity contribution in [1.82, 2.24) is 4.98 Å². The lowest BCUT2D eigenvalue weighted by molar-refractivity contribution is -0.153. The van der Waals surface area contributed by atoms with Gasteiger partial charge in [-0.1, -0.05) is 32.1 Å². The maximum absolute atomic E-state index is 13.4. The van der Waals surface area contributed by atoms with Crippen molar-refractivity contribution in [3.8, 4) is 11.5 Å². The smallest absolute Gasteiger partial charge is 0.416 e. The summed E-state index contributed by atoms with van der Waals surface area (Å²) in [6.45, 7) is 5.66. The van der Waals surface area contributed by atoms with Crippen LogP contribution in [0.4, 0.5) is 17.6 Å². The van der Waals surface area contributed by atoms with Gasteiger partial charge in [0.25, 0.3) is 0 Å². The number of esters is 2. The SMILES string of the molecule is COc1ccnc(C(=S)C[C@@H](C)C(=O)O[C@@H](C)[C@@H](C)c2ccc(F)cc2C(F)(F)F)c1OC(C)=O. The van der Waals surface area contributed by atoms with Crippen LogP contribution in [-0.2, 0) is 20.5 Å². The van der Waals surface area contributed by atoms with E-state index in [-0.39, 0.29) is 34.0 Å². The van der Waals surface area contributed by atoms with Gasteiger partial charge in [-0.15, -0.1) is 0 Å². The quantitative estimate of drug-likeness (QED) is 0.185. The fraction of sp³-hybridized carbons (Fsp3) is 0.417. The Hall–Kier alpha value is -3.08. The summed E-state index contributed by atoms with van der Waals surface area (Å²) in [5.74, 6) is -3.74. The first-order valence-electron chi connectivity index (χ1n) is 10.6. The Morgan fingerprint density at radius 1 is 1.14 bits per heavy atom. The van der Waals surface area contributed by atoms with Gasteiger partial charge in [-0.05, 0) is 31.0 Å². The molecule has 35 heavy (non-hydrogen) atoms. The van der Waals surface area contributed by atoms with Crippen molar-refractivity contribution in [2.24, 2.45) is 5.92 Å². The van der Waals surface area contributed by atoms with Crippen LogP contribution in [0.5, 0.6) is 11.5 Å². The number of pyridine rings is 1. The van der Waals surface area contributed by atoms with Gasteiger partial charge in [0.1, 0.15) is 17.6 Å². The molecule has 0 N–H and O–H groups in total. The normalized spacial score (nSPS) is 14.0. The molecule has 2 rings (SSSR count). The molecule has 11 heteroatoms. The van der Waals surface area contributed by atoms with Crippen LogP contribution in [0.1, 0.15) is 56.9 Å². The molecule has 190 valence electrons. The molecular formula is C24H25F4NO5S. The Labute approximate surface area is 205 Å². The Morgan fingerprint density at radius 2 is 1.80 bits per heavy atom. The molecule has 3 atom stereocenters. The maximum Gasteiger partial charge on any atom is 0.416 e. The fourth-order valence-corrected chi connectivity index (χ4v) is 3.71. The largest absolute Gasteiger partial charge is 0.493 e. The zero-order valence-corrected chi connectivity index (χ0v) is 20.6. The molecule has 1 aromatic carbocycles. The zero-order chi connectivity index (χ0) is 26.5. The number of thiocarbonyl (C=S) groups is 1. The predicted octanol–water partition coefficient (Wildman–Crippen LogP) is 5.65. The standard InChI is InChI=1S/C24H25F4NO5S/c1-12(10-20(35)21-22(34-15(4)30)19(32-5)8-9-29-21)23(31)33-14(3)13(2)17-7-6-16(25)11-18(17)24(26,27)28/h6-9,11-14H,10H2,1-5H3/t12-,13-,14+/m1/s1. The minimum atomic E-state index is -4.77. The average Bonchev–Trinajstić information content (AvgIpc) is 2.77. The summed E-state index contributed by atoms with van der Waals surface area (Å²) in [7, 11) is 1.38. The zero-order valence-electron chi connectivity index (χ0n) is 19.7. The third-order valence-corrected chi connectivity index (χ3v) is 5.67. The van der Waals surface area contributed by atoms with Crippen LogP contribution in [0.3, 0.4) is 0 Å². The van der Waals surface area contributed by atoms with Crippen molar-refractivity contribution >= 4 is 29.0 Å². The van der Waals surface area contributed by atoms with Gasteiger partial charge in [0.05, 0.1) is 18.6 Å². The molecule has 6 nitrogen and oxygen atoms in total. The first kappa shape index (κ1) is 28.2. The van der Waals surface area contributed by atoms with Crippen molar-refractivity contribution in [3.63, 3.8) is 0 Å². The van der Waals surface area contributed by atoms with Crippen molar-refractivity contribution in [3.05, 3.63) is 53.1 Å². The molecule has 0 saturated heterocycles. The van der Waals surface area contributed by atoms with E-state index in [1.54, 1.807) is 0 Å². The first-order valence-corrected chi connectivity index (χ1v) is 11.0. The van der Waals surface area contributed by atoms with Crippen molar-refractivity contribution < 1.29 is 41.4 Å². The number of methoxy groups -OCH3 is 1. The molecule has 2 aromatic rings. The lowest BCUT2D eigenvalue weighted by Crippen LogP contribution is -2.27. The number of ether oxygens (including phenoxy) is 3. The van der Waals surface area contributed by atoms with Crippen LogP contribution in [-0.4, -0.2) is 35.0 Å². The lowest BCUT2D eigenvalue weighted by atomic mass is 9.91. The van der Waals surface area contributed by atoms with Gasteiger partial charge in [0.2, 0.25) is 0 Å². The number of halogens is 4. The fourth-order valence-electron chi connectivity index (χ4n) is 3.32. The number of hydrogen-bond donors (Lipinski definition) is 0. The number of benzene rings is 1. The predicted molar refractivity (Wildman–Crippen MR) is 123 cm³/mol. The van der Waals surface area contributed by atoms with E-state index in [9.17, 15) is 27.2 Å². The highest BCUT2D eigenvalue weighted by atomic mass is 32.1. The summed E-state index contributed by atoms with van der Waals surface area (Å²) < 4.78 is 69.3. The highest BCUT2D eigenvalue weighted by Gasteiger charge is 2.36. The van der Waals surface area contributed by atoms with E-state index in [1.165, 1.54) is 47.1 Å². The highest BCUT2D eigenvalue weighted by molar-refractivity contribution is 7.80. The molecule has 1 aromatic heterocycles. The molecule has 0 aliphatic carbocycles. The molecule has 0 aliphatic rings. The molecule has 0 unspecified atom stereocenters. The first-order chi connectivity index (χ1) is 16.3. The Kier molecular flexibility index (Phi) is 9.31. The third kappa shape index (κ3) is 7.20. The van der Waals surface area contributed by atoms with Crippen LogP contribution in [0.25, 0.3) is 0 Å². The molecule has 1 heterocycles. The molecular weight excluding hydrogens is 490 g/mol. The van der Waals surface area contributed by atoms with Crippen LogP contribution < -0.4 is 9.47 Å². The summed E-state index contributed by atoms with van der Waals surface area (Å²) in [6.07, 6.45) is -4.32. The van der Waals surface area contributed by atoms with Gasteiger partial charge < -0.3 is 14.2 Å². The van der Waals surface area contributed by atoms with Crippen LogP contribution in [0, 0.1) is 11.7 Å². The Bertz CT molecular complexity index is 1110. The van der Waals surface area contributed by atoms with E-state index < -0.39 is 47.4 Å². The van der Waals surface area contributed by atoms with Gasteiger partial charge >= 0.3 is 18.1 Å². The molecule has 0 amide bonds. The topological polar surface area (TPSA) is 74.7 Å². The molecule has 0 radical (unpaired) electrons. The van der Waals surface area contributed by atoms with E-state index in [0.717, 1.165) is 12.1 Å². The summed E-state index contributed by atoms with van der Waals surface area (Å²) in [6, 6.07) is 3.87. The van der Waals surface area contributed by atoms with Crippen LogP contribution in [0.15, 0.2) is 30.5 Å². The summed E-state index contributed by atoms with van der Waals surface area (Å²) in [5.41, 5.74) is -1.16. The molecule has 0 spiro atoms. The number of rotatable bonds is 9. The van der Waals surface area contributed by atoms with Crippen molar-refractivity contribution in [2.45, 2.75) is 52.3 Å². The maximum atomic E-state index is 13.4. The number of carbonyl (C=O) groups excluding carboxylic acids is 2. The summed E-state index contributed by atoms with van der Waals surface area (Å²) in [5, 5.41) is 0. The van der Waals surface area contributed by atoms with E-state index in [2.05, 4.69) is 4.98 Å². The Morgan fingerprint density at radius 3 is 2.37 bits per heavy atom. The van der Waals surface area contributed by atoms with Crippen LogP contribution >= 0.6 is 12.2 Å². The lowest BCUT2D eigenvalue weighted by Gasteiger charge is -2.25. The second-order valence-corrected chi connectivity index (χ2v) is 8.47. The van der Waals surface area contributed by atoms with E-state index in [4.69, 9.17) is 26.4 Å². The van der Waals surface area contributed by atoms with Gasteiger partial charge in [-0.25, -0.2) is 4.39 Å². The minimum absolute atomic E-state index is 0.00590. The van der Waals surface area contributed by atoms with Crippen molar-refractivity contribution in [1.29, 1.82) is 0 Å². The summed E-state index contributed by atoms with van der Waals surface area (Å²) >= 11 is 5.40. The van der Waals surface area contributed by atoms with Crippen LogP contribution in [0.2, 0.25) is 0 Å². The van der Waals surface area contributed by atoms with E-state index in [0.29, 0.717) is 6.07 Å². The van der Waals surface area contributed by atoms with E-state index >= 15 is 0 Å². The average molecular weight is 516 g/mol. The number of aromatic nitrogens is 1. The summed E-state index contributed by atoms with van der Waals surface area (Å²) in [4.78, 5) is 28.5. The van der Waals surface area contributed by atoms with Crippen molar-refractivity contribution in [2.75, 3.05) is 7.11 Å². The minimum Gasteiger partial charge on any atom is -0.493 e. The monoisotopic (exact) mass is 515 g/mol. The number of nitrogens with zero attached hydrogens (tertiary/aromatic N) is 1. The number of carbonyl (C=O) groups is 2. The second-order valence-electron chi connectivity index (χ2n) is 7.97. The molecule has 0 fully saturated rings. The number of hydrogen-bond acceptors (Lipinski definition) is 7. The van der Waals surface area contributed by atoms with Gasteiger partial charge in [-0.2, -0.15) is 13.2 Å². The highest BCUT2D eigenvalue weighted by Crippen LogP contribution is 2.37. The van der Waals surface area contributed by atoms with Gasteiger partial charge in [0.15, 0.2) is 11.5 Å². The molecule has 0 bridgehead atoms. The molecule has 0 saturated carbocycles. The molecule has 0 aliphatic heterocycles. The van der Waals surface area contributed by atoms with E-state index in [1.807, 2.05) is 0 Å². The number of alkyl halides is 3.